The van der Waals surface area contributed by atoms with Crippen LogP contribution in [0.15, 0.2) is 30.3 Å². The van der Waals surface area contributed by atoms with Crippen LogP contribution in [0.25, 0.3) is 0 Å². The first kappa shape index (κ1) is 11.3. The fraction of sp³-hybridized carbons (Fsp3) is 0.538. The third-order valence-electron chi connectivity index (χ3n) is 2.73. The van der Waals surface area contributed by atoms with Crippen LogP contribution in [0.2, 0.25) is 0 Å². The highest BCUT2D eigenvalue weighted by Crippen LogP contribution is 2.29. The monoisotopic (exact) mass is 192 g/mol. The Morgan fingerprint density at radius 2 is 1.79 bits per heavy atom. The normalized spacial score (nSPS) is 14.0. The van der Waals surface area contributed by atoms with Crippen LogP contribution in [0.5, 0.6) is 0 Å². The van der Waals surface area contributed by atoms with E-state index in [2.05, 4.69) is 45.0 Å². The Kier molecular flexibility index (Phi) is 3.70. The second kappa shape index (κ2) is 4.61. The Bertz CT molecular complexity index is 264. The van der Waals surface area contributed by atoms with E-state index in [1.165, 1.54) is 5.56 Å². The summed E-state index contributed by atoms with van der Waals surface area (Å²) in [5.41, 5.74) is 1.50. The Morgan fingerprint density at radius 3 is 2.29 bits per heavy atom. The van der Waals surface area contributed by atoms with Gasteiger partial charge in [0.25, 0.3) is 0 Å². The zero-order valence-corrected chi connectivity index (χ0v) is 9.33. The van der Waals surface area contributed by atoms with E-state index in [1.54, 1.807) is 0 Å². The highest BCUT2D eigenvalue weighted by atomic mass is 16.3. The lowest BCUT2D eigenvalue weighted by atomic mass is 9.78. The van der Waals surface area contributed by atoms with Crippen molar-refractivity contribution < 1.29 is 5.11 Å². The first-order valence-electron chi connectivity index (χ1n) is 5.22. The molecule has 0 aliphatic carbocycles. The third kappa shape index (κ3) is 2.85. The van der Waals surface area contributed by atoms with E-state index >= 15 is 0 Å². The van der Waals surface area contributed by atoms with E-state index in [0.717, 1.165) is 6.42 Å². The topological polar surface area (TPSA) is 20.2 Å². The van der Waals surface area contributed by atoms with Gasteiger partial charge in [0.1, 0.15) is 0 Å². The zero-order chi connectivity index (χ0) is 10.6. The molecule has 1 N–H and O–H groups in total. The first-order chi connectivity index (χ1) is 6.56. The van der Waals surface area contributed by atoms with Gasteiger partial charge in [-0.1, -0.05) is 51.1 Å². The van der Waals surface area contributed by atoms with Crippen molar-refractivity contribution in [1.82, 2.24) is 0 Å². The minimum atomic E-state index is 0.156. The summed E-state index contributed by atoms with van der Waals surface area (Å²) >= 11 is 0. The molecule has 0 aromatic heterocycles. The van der Waals surface area contributed by atoms with Crippen LogP contribution in [0.4, 0.5) is 0 Å². The summed E-state index contributed by atoms with van der Waals surface area (Å²) in [6, 6.07) is 10.5. The smallest absolute Gasteiger partial charge is 0.0456 e. The van der Waals surface area contributed by atoms with Crippen LogP contribution < -0.4 is 0 Å². The number of benzene rings is 1. The van der Waals surface area contributed by atoms with Gasteiger partial charge in [-0.05, 0) is 23.3 Å². The van der Waals surface area contributed by atoms with Crippen molar-refractivity contribution in [3.05, 3.63) is 35.9 Å². The summed E-state index contributed by atoms with van der Waals surface area (Å²) in [6.07, 6.45) is 1.02. The maximum Gasteiger partial charge on any atom is 0.0456 e. The van der Waals surface area contributed by atoms with Crippen LogP contribution >= 0.6 is 0 Å². The van der Waals surface area contributed by atoms with E-state index < -0.39 is 0 Å². The summed E-state index contributed by atoms with van der Waals surface area (Å²) in [5, 5.41) is 9.05. The predicted molar refractivity (Wildman–Crippen MR) is 60.3 cm³/mol. The minimum Gasteiger partial charge on any atom is -0.396 e. The lowest BCUT2D eigenvalue weighted by molar-refractivity contribution is 0.209. The van der Waals surface area contributed by atoms with Gasteiger partial charge in [-0.3, -0.25) is 0 Å². The lowest BCUT2D eigenvalue weighted by Crippen LogP contribution is -2.22. The summed E-state index contributed by atoms with van der Waals surface area (Å²) in [4.78, 5) is 0. The van der Waals surface area contributed by atoms with E-state index in [4.69, 9.17) is 5.11 Å². The second-order valence-corrected chi connectivity index (χ2v) is 4.74. The molecule has 14 heavy (non-hydrogen) atoms. The van der Waals surface area contributed by atoms with Gasteiger partial charge < -0.3 is 5.11 Å². The zero-order valence-electron chi connectivity index (χ0n) is 9.33. The summed E-state index contributed by atoms with van der Waals surface area (Å²) < 4.78 is 0. The summed E-state index contributed by atoms with van der Waals surface area (Å²) in [5.74, 6) is 0.366. The maximum atomic E-state index is 9.05. The molecule has 0 heterocycles. The van der Waals surface area contributed by atoms with Gasteiger partial charge in [0.15, 0.2) is 0 Å². The molecule has 0 aliphatic rings. The number of hydrogen-bond donors (Lipinski definition) is 1. The van der Waals surface area contributed by atoms with E-state index in [9.17, 15) is 0 Å². The average molecular weight is 192 g/mol. The molecular weight excluding hydrogens is 172 g/mol. The molecule has 0 bridgehead atoms. The van der Waals surface area contributed by atoms with Crippen LogP contribution in [-0.4, -0.2) is 11.7 Å². The lowest BCUT2D eigenvalue weighted by Gasteiger charge is -2.27. The van der Waals surface area contributed by atoms with Gasteiger partial charge >= 0.3 is 0 Å². The van der Waals surface area contributed by atoms with E-state index in [0.29, 0.717) is 5.92 Å². The fourth-order valence-electron chi connectivity index (χ4n) is 1.94. The van der Waals surface area contributed by atoms with Gasteiger partial charge in [0.2, 0.25) is 0 Å². The molecule has 0 radical (unpaired) electrons. The number of rotatable bonds is 4. The molecule has 1 aromatic carbocycles. The van der Waals surface area contributed by atoms with Crippen molar-refractivity contribution >= 4 is 0 Å². The maximum absolute atomic E-state index is 9.05. The predicted octanol–water partition coefficient (Wildman–Crippen LogP) is 2.98. The van der Waals surface area contributed by atoms with Gasteiger partial charge in [-0.2, -0.15) is 0 Å². The van der Waals surface area contributed by atoms with Gasteiger partial charge in [0, 0.05) is 6.61 Å². The molecule has 1 unspecified atom stereocenters. The molecule has 78 valence electrons. The molecule has 0 spiro atoms. The highest BCUT2D eigenvalue weighted by Gasteiger charge is 2.22. The molecule has 1 rings (SSSR count). The van der Waals surface area contributed by atoms with Crippen LogP contribution in [0.1, 0.15) is 32.8 Å². The second-order valence-electron chi connectivity index (χ2n) is 4.74. The van der Waals surface area contributed by atoms with Gasteiger partial charge in [-0.15, -0.1) is 0 Å². The van der Waals surface area contributed by atoms with Crippen LogP contribution in [0.3, 0.4) is 0 Å². The minimum absolute atomic E-state index is 0.156. The van der Waals surface area contributed by atoms with Gasteiger partial charge in [-0.25, -0.2) is 0 Å². The van der Waals surface area contributed by atoms with Crippen molar-refractivity contribution in [3.8, 4) is 0 Å². The third-order valence-corrected chi connectivity index (χ3v) is 2.73. The van der Waals surface area contributed by atoms with Crippen LogP contribution in [0, 0.1) is 5.92 Å². The van der Waals surface area contributed by atoms with E-state index in [1.807, 2.05) is 6.07 Å². The van der Waals surface area contributed by atoms with Gasteiger partial charge in [0.05, 0.1) is 0 Å². The molecule has 1 aromatic rings. The Labute approximate surface area is 86.8 Å². The Morgan fingerprint density at radius 1 is 1.21 bits per heavy atom. The van der Waals surface area contributed by atoms with Crippen molar-refractivity contribution in [2.75, 3.05) is 6.61 Å². The molecule has 0 amide bonds. The summed E-state index contributed by atoms with van der Waals surface area (Å²) in [6.45, 7) is 6.82. The number of hydrogen-bond acceptors (Lipinski definition) is 1. The first-order valence-corrected chi connectivity index (χ1v) is 5.22. The molecule has 1 nitrogen and oxygen atoms in total. The van der Waals surface area contributed by atoms with E-state index in [-0.39, 0.29) is 12.0 Å². The molecule has 1 heteroatoms. The largest absolute Gasteiger partial charge is 0.396 e. The summed E-state index contributed by atoms with van der Waals surface area (Å²) in [7, 11) is 0. The fourth-order valence-corrected chi connectivity index (χ4v) is 1.94. The molecule has 0 fully saturated rings. The van der Waals surface area contributed by atoms with Crippen molar-refractivity contribution in [2.24, 2.45) is 5.92 Å². The van der Waals surface area contributed by atoms with Crippen molar-refractivity contribution in [2.45, 2.75) is 32.6 Å². The highest BCUT2D eigenvalue weighted by molar-refractivity contribution is 5.23. The van der Waals surface area contributed by atoms with Crippen molar-refractivity contribution in [1.29, 1.82) is 0 Å². The molecular formula is C13H20O. The molecule has 0 saturated carbocycles. The Hall–Kier alpha value is -0.820. The quantitative estimate of drug-likeness (QED) is 0.777. The molecule has 1 atom stereocenters. The standard InChI is InChI=1S/C13H20O/c1-11(10-14)9-13(2,3)12-7-5-4-6-8-12/h4-8,11,14H,9-10H2,1-3H3. The number of aliphatic hydroxyl groups is 1. The molecule has 0 saturated heterocycles. The van der Waals surface area contributed by atoms with Crippen LogP contribution in [-0.2, 0) is 5.41 Å². The van der Waals surface area contributed by atoms with Crippen molar-refractivity contribution in [3.63, 3.8) is 0 Å². The SMILES string of the molecule is CC(CO)CC(C)(C)c1ccccc1. The number of aliphatic hydroxyl groups excluding tert-OH is 1. The average Bonchev–Trinajstić information content (AvgIpc) is 2.18. The molecule has 0 aliphatic heterocycles. The Balaban J connectivity index is 2.75.